The normalized spacial score (nSPS) is 11.7. The number of hydrogen-bond acceptors (Lipinski definition) is 2. The Labute approximate surface area is 88.7 Å². The third-order valence-electron chi connectivity index (χ3n) is 2.12. The van der Waals surface area contributed by atoms with Gasteiger partial charge in [0.15, 0.2) is 0 Å². The van der Waals surface area contributed by atoms with Crippen molar-refractivity contribution in [2.75, 3.05) is 0 Å². The second-order valence-corrected chi connectivity index (χ2v) is 3.24. The van der Waals surface area contributed by atoms with Crippen LogP contribution >= 0.6 is 0 Å². The van der Waals surface area contributed by atoms with Gasteiger partial charge in [0.25, 0.3) is 5.78 Å². The first-order valence-electron chi connectivity index (χ1n) is 4.45. The van der Waals surface area contributed by atoms with E-state index in [1.165, 1.54) is 18.3 Å². The fourth-order valence-corrected chi connectivity index (χ4v) is 1.38. The second kappa shape index (κ2) is 3.59. The Morgan fingerprint density at radius 2 is 1.94 bits per heavy atom. The Balaban J connectivity index is 2.52. The van der Waals surface area contributed by atoms with E-state index < -0.39 is 12.0 Å². The van der Waals surface area contributed by atoms with Gasteiger partial charge in [-0.25, -0.2) is 0 Å². The molecule has 0 unspecified atom stereocenters. The SMILES string of the molecule is O=C(c1ccc2ncccc2c1)C(F)(F)F. The summed E-state index contributed by atoms with van der Waals surface area (Å²) in [7, 11) is 0. The number of ketones is 1. The van der Waals surface area contributed by atoms with Crippen LogP contribution in [0.4, 0.5) is 13.2 Å². The number of carbonyl (C=O) groups is 1. The van der Waals surface area contributed by atoms with Gasteiger partial charge >= 0.3 is 6.18 Å². The lowest BCUT2D eigenvalue weighted by atomic mass is 10.1. The molecule has 0 spiro atoms. The lowest BCUT2D eigenvalue weighted by Crippen LogP contribution is -2.22. The topological polar surface area (TPSA) is 30.0 Å². The number of nitrogens with zero attached hydrogens (tertiary/aromatic N) is 1. The summed E-state index contributed by atoms with van der Waals surface area (Å²) >= 11 is 0. The zero-order valence-corrected chi connectivity index (χ0v) is 7.95. The molecule has 2 nitrogen and oxygen atoms in total. The quantitative estimate of drug-likeness (QED) is 0.698. The van der Waals surface area contributed by atoms with Gasteiger partial charge in [-0.3, -0.25) is 9.78 Å². The van der Waals surface area contributed by atoms with Crippen LogP contribution in [0.15, 0.2) is 36.5 Å². The maximum Gasteiger partial charge on any atom is 0.454 e. The van der Waals surface area contributed by atoms with Crippen molar-refractivity contribution in [3.05, 3.63) is 42.1 Å². The summed E-state index contributed by atoms with van der Waals surface area (Å²) in [6.45, 7) is 0. The Morgan fingerprint density at radius 1 is 1.19 bits per heavy atom. The Hall–Kier alpha value is -1.91. The number of carbonyl (C=O) groups excluding carboxylic acids is 1. The molecule has 2 aromatic rings. The number of pyridine rings is 1. The fourth-order valence-electron chi connectivity index (χ4n) is 1.38. The molecular formula is C11H6F3NO. The highest BCUT2D eigenvalue weighted by atomic mass is 19.4. The van der Waals surface area contributed by atoms with Crippen molar-refractivity contribution in [1.29, 1.82) is 0 Å². The van der Waals surface area contributed by atoms with Crippen molar-refractivity contribution in [1.82, 2.24) is 4.98 Å². The van der Waals surface area contributed by atoms with Crippen molar-refractivity contribution in [2.24, 2.45) is 0 Å². The van der Waals surface area contributed by atoms with Gasteiger partial charge in [-0.15, -0.1) is 0 Å². The number of fused-ring (bicyclic) bond motifs is 1. The Bertz CT molecular complexity index is 548. The molecule has 0 N–H and O–H groups in total. The molecule has 0 bridgehead atoms. The number of Topliss-reactive ketones (excluding diaryl/α,β-unsaturated/α-hetero) is 1. The van der Waals surface area contributed by atoms with E-state index in [9.17, 15) is 18.0 Å². The highest BCUT2D eigenvalue weighted by Crippen LogP contribution is 2.23. The summed E-state index contributed by atoms with van der Waals surface area (Å²) in [5.41, 5.74) is 0.189. The molecule has 0 radical (unpaired) electrons. The van der Waals surface area contributed by atoms with E-state index in [2.05, 4.69) is 4.98 Å². The zero-order chi connectivity index (χ0) is 11.8. The van der Waals surface area contributed by atoms with Gasteiger partial charge in [-0.2, -0.15) is 13.2 Å². The number of halogens is 3. The number of rotatable bonds is 1. The summed E-state index contributed by atoms with van der Waals surface area (Å²) in [5, 5.41) is 0.512. The molecule has 5 heteroatoms. The monoisotopic (exact) mass is 225 g/mol. The standard InChI is InChI=1S/C11H6F3NO/c12-11(13,14)10(16)8-3-4-9-7(6-8)2-1-5-15-9/h1-6H. The maximum absolute atomic E-state index is 12.2. The first-order chi connectivity index (χ1) is 7.48. The molecule has 0 amide bonds. The number of hydrogen-bond donors (Lipinski definition) is 0. The van der Waals surface area contributed by atoms with Gasteiger partial charge in [0, 0.05) is 17.1 Å². The van der Waals surface area contributed by atoms with Crippen LogP contribution in [-0.2, 0) is 0 Å². The smallest absolute Gasteiger partial charge is 0.284 e. The van der Waals surface area contributed by atoms with Crippen LogP contribution in [-0.4, -0.2) is 16.9 Å². The predicted molar refractivity (Wildman–Crippen MR) is 52.1 cm³/mol. The third kappa shape index (κ3) is 1.88. The number of alkyl halides is 3. The maximum atomic E-state index is 12.2. The van der Waals surface area contributed by atoms with Crippen LogP contribution in [0.3, 0.4) is 0 Å². The van der Waals surface area contributed by atoms with Crippen LogP contribution < -0.4 is 0 Å². The average Bonchev–Trinajstić information content (AvgIpc) is 2.26. The van der Waals surface area contributed by atoms with Crippen LogP contribution in [0, 0.1) is 0 Å². The van der Waals surface area contributed by atoms with E-state index in [4.69, 9.17) is 0 Å². The summed E-state index contributed by atoms with van der Waals surface area (Å²) in [6, 6.07) is 6.93. The van der Waals surface area contributed by atoms with Crippen molar-refractivity contribution in [3.63, 3.8) is 0 Å². The van der Waals surface area contributed by atoms with Crippen molar-refractivity contribution < 1.29 is 18.0 Å². The highest BCUT2D eigenvalue weighted by Gasteiger charge is 2.39. The zero-order valence-electron chi connectivity index (χ0n) is 7.95. The minimum absolute atomic E-state index is 0.368. The van der Waals surface area contributed by atoms with E-state index in [1.807, 2.05) is 0 Å². The van der Waals surface area contributed by atoms with E-state index >= 15 is 0 Å². The Kier molecular flexibility index (Phi) is 2.38. The van der Waals surface area contributed by atoms with Crippen LogP contribution in [0.25, 0.3) is 10.9 Å². The lowest BCUT2D eigenvalue weighted by molar-refractivity contribution is -0.0885. The summed E-state index contributed by atoms with van der Waals surface area (Å²) in [6.07, 6.45) is -3.30. The largest absolute Gasteiger partial charge is 0.454 e. The van der Waals surface area contributed by atoms with Crippen LogP contribution in [0.5, 0.6) is 0 Å². The van der Waals surface area contributed by atoms with Gasteiger partial charge in [0.1, 0.15) is 0 Å². The third-order valence-corrected chi connectivity index (χ3v) is 2.12. The fraction of sp³-hybridized carbons (Fsp3) is 0.0909. The van der Waals surface area contributed by atoms with Gasteiger partial charge in [-0.1, -0.05) is 6.07 Å². The first kappa shape index (κ1) is 10.6. The lowest BCUT2D eigenvalue weighted by Gasteiger charge is -2.05. The summed E-state index contributed by atoms with van der Waals surface area (Å²) < 4.78 is 36.5. The molecule has 2 rings (SSSR count). The molecule has 82 valence electrons. The van der Waals surface area contributed by atoms with E-state index in [0.29, 0.717) is 10.9 Å². The first-order valence-corrected chi connectivity index (χ1v) is 4.45. The molecule has 0 saturated heterocycles. The summed E-state index contributed by atoms with van der Waals surface area (Å²) in [5.74, 6) is -1.83. The van der Waals surface area contributed by atoms with E-state index in [1.54, 1.807) is 12.1 Å². The molecular weight excluding hydrogens is 219 g/mol. The van der Waals surface area contributed by atoms with Gasteiger partial charge in [-0.05, 0) is 24.3 Å². The summed E-state index contributed by atoms with van der Waals surface area (Å²) in [4.78, 5) is 14.9. The number of aromatic nitrogens is 1. The molecule has 1 heterocycles. The van der Waals surface area contributed by atoms with Crippen LogP contribution in [0.1, 0.15) is 10.4 Å². The minimum Gasteiger partial charge on any atom is -0.284 e. The average molecular weight is 225 g/mol. The Morgan fingerprint density at radius 3 is 2.62 bits per heavy atom. The van der Waals surface area contributed by atoms with Crippen molar-refractivity contribution in [3.8, 4) is 0 Å². The molecule has 16 heavy (non-hydrogen) atoms. The number of benzene rings is 1. The highest BCUT2D eigenvalue weighted by molar-refractivity contribution is 6.02. The van der Waals surface area contributed by atoms with Crippen molar-refractivity contribution in [2.45, 2.75) is 6.18 Å². The predicted octanol–water partition coefficient (Wildman–Crippen LogP) is 2.98. The molecule has 0 aliphatic carbocycles. The minimum atomic E-state index is -4.84. The molecule has 0 aliphatic heterocycles. The molecule has 1 aromatic heterocycles. The second-order valence-electron chi connectivity index (χ2n) is 3.24. The van der Waals surface area contributed by atoms with Gasteiger partial charge < -0.3 is 0 Å². The van der Waals surface area contributed by atoms with Crippen molar-refractivity contribution >= 4 is 16.7 Å². The molecule has 0 aliphatic rings. The van der Waals surface area contributed by atoms with Crippen LogP contribution in [0.2, 0.25) is 0 Å². The van der Waals surface area contributed by atoms with Gasteiger partial charge in [0.2, 0.25) is 0 Å². The molecule has 1 aromatic carbocycles. The van der Waals surface area contributed by atoms with E-state index in [0.717, 1.165) is 6.07 Å². The molecule has 0 atom stereocenters. The van der Waals surface area contributed by atoms with E-state index in [-0.39, 0.29) is 5.56 Å². The molecule has 0 saturated carbocycles. The molecule has 0 fully saturated rings. The van der Waals surface area contributed by atoms with Gasteiger partial charge in [0.05, 0.1) is 5.52 Å².